The lowest BCUT2D eigenvalue weighted by atomic mass is 9.87. The third-order valence-electron chi connectivity index (χ3n) is 4.82. The van der Waals surface area contributed by atoms with Crippen LogP contribution >= 0.6 is 11.3 Å². The van der Waals surface area contributed by atoms with E-state index in [1.54, 1.807) is 0 Å². The Morgan fingerprint density at radius 1 is 0.667 bits per heavy atom. The predicted molar refractivity (Wildman–Crippen MR) is 110 cm³/mol. The zero-order valence-electron chi connectivity index (χ0n) is 13.4. The first kappa shape index (κ1) is 13.8. The highest BCUT2D eigenvalue weighted by Crippen LogP contribution is 2.39. The SMILES string of the molecule is Bc1ccccc1-c1ccc2sc3c4ccccc4ccc3c2c1. The summed E-state index contributed by atoms with van der Waals surface area (Å²) in [6, 6.07) is 28.7. The summed E-state index contributed by atoms with van der Waals surface area (Å²) in [4.78, 5) is 0. The highest BCUT2D eigenvalue weighted by molar-refractivity contribution is 7.26. The van der Waals surface area contributed by atoms with E-state index in [1.807, 2.05) is 11.3 Å². The topological polar surface area (TPSA) is 0 Å². The van der Waals surface area contributed by atoms with Crippen molar-refractivity contribution in [3.8, 4) is 11.1 Å². The maximum atomic E-state index is 2.35. The molecule has 0 saturated carbocycles. The van der Waals surface area contributed by atoms with Crippen molar-refractivity contribution in [2.45, 2.75) is 0 Å². The van der Waals surface area contributed by atoms with Gasteiger partial charge in [-0.05, 0) is 34.0 Å². The molecule has 0 aliphatic rings. The molecule has 0 N–H and O–H groups in total. The lowest BCUT2D eigenvalue weighted by Gasteiger charge is -2.06. The molecule has 0 aliphatic heterocycles. The van der Waals surface area contributed by atoms with Gasteiger partial charge in [0.25, 0.3) is 0 Å². The number of thiophene rings is 1. The van der Waals surface area contributed by atoms with E-state index >= 15 is 0 Å². The van der Waals surface area contributed by atoms with Crippen LogP contribution in [-0.2, 0) is 0 Å². The molecular formula is C22H15BS. The summed E-state index contributed by atoms with van der Waals surface area (Å²) in [5, 5.41) is 5.40. The number of benzene rings is 4. The van der Waals surface area contributed by atoms with Crippen LogP contribution in [0.4, 0.5) is 0 Å². The van der Waals surface area contributed by atoms with Gasteiger partial charge in [-0.1, -0.05) is 72.2 Å². The van der Waals surface area contributed by atoms with E-state index in [-0.39, 0.29) is 0 Å². The quantitative estimate of drug-likeness (QED) is 0.375. The molecule has 5 aromatic rings. The van der Waals surface area contributed by atoms with Gasteiger partial charge in [-0.3, -0.25) is 0 Å². The fraction of sp³-hybridized carbons (Fsp3) is 0. The highest BCUT2D eigenvalue weighted by atomic mass is 32.1. The number of fused-ring (bicyclic) bond motifs is 5. The van der Waals surface area contributed by atoms with Crippen LogP contribution in [0.2, 0.25) is 0 Å². The van der Waals surface area contributed by atoms with Gasteiger partial charge in [0, 0.05) is 20.2 Å². The second-order valence-corrected chi connectivity index (χ2v) is 7.34. The van der Waals surface area contributed by atoms with Gasteiger partial charge in [0.2, 0.25) is 0 Å². The summed E-state index contributed by atoms with van der Waals surface area (Å²) in [7, 11) is 2.18. The molecule has 112 valence electrons. The van der Waals surface area contributed by atoms with Crippen LogP contribution in [0.3, 0.4) is 0 Å². The van der Waals surface area contributed by atoms with Crippen molar-refractivity contribution in [3.05, 3.63) is 78.9 Å². The largest absolute Gasteiger partial charge is 0.140 e. The van der Waals surface area contributed by atoms with Gasteiger partial charge in [-0.15, -0.1) is 11.3 Å². The Kier molecular flexibility index (Phi) is 3.01. The third kappa shape index (κ3) is 2.00. The smallest absolute Gasteiger partial charge is 0.135 e. The summed E-state index contributed by atoms with van der Waals surface area (Å²) in [6.07, 6.45) is 0. The molecule has 0 nitrogen and oxygen atoms in total. The van der Waals surface area contributed by atoms with Gasteiger partial charge in [0.05, 0.1) is 0 Å². The summed E-state index contributed by atoms with van der Waals surface area (Å²) < 4.78 is 2.75. The van der Waals surface area contributed by atoms with Crippen molar-refractivity contribution in [2.75, 3.05) is 0 Å². The van der Waals surface area contributed by atoms with Crippen LogP contribution in [0, 0.1) is 0 Å². The Bertz CT molecular complexity index is 1220. The summed E-state index contributed by atoms with van der Waals surface area (Å²) in [5.41, 5.74) is 3.94. The Morgan fingerprint density at radius 3 is 2.42 bits per heavy atom. The van der Waals surface area contributed by atoms with Crippen LogP contribution in [0.25, 0.3) is 42.1 Å². The molecule has 0 saturated heterocycles. The van der Waals surface area contributed by atoms with E-state index in [0.29, 0.717) is 0 Å². The minimum absolute atomic E-state index is 1.30. The Balaban J connectivity index is 1.85. The maximum Gasteiger partial charge on any atom is 0.140 e. The minimum atomic E-state index is 1.30. The van der Waals surface area contributed by atoms with Gasteiger partial charge >= 0.3 is 0 Å². The molecule has 0 amide bonds. The minimum Gasteiger partial charge on any atom is -0.135 e. The average Bonchev–Trinajstić information content (AvgIpc) is 3.00. The van der Waals surface area contributed by atoms with Crippen LogP contribution < -0.4 is 5.46 Å². The molecule has 0 fully saturated rings. The Morgan fingerprint density at radius 2 is 1.50 bits per heavy atom. The Labute approximate surface area is 145 Å². The molecule has 5 rings (SSSR count). The molecule has 0 atom stereocenters. The van der Waals surface area contributed by atoms with Crippen molar-refractivity contribution < 1.29 is 0 Å². The molecule has 0 unspecified atom stereocenters. The van der Waals surface area contributed by atoms with Crippen molar-refractivity contribution in [1.29, 1.82) is 0 Å². The molecule has 0 spiro atoms. The van der Waals surface area contributed by atoms with Crippen LogP contribution in [0.5, 0.6) is 0 Å². The van der Waals surface area contributed by atoms with E-state index in [9.17, 15) is 0 Å². The van der Waals surface area contributed by atoms with Gasteiger partial charge in [-0.2, -0.15) is 0 Å². The second kappa shape index (κ2) is 5.22. The number of hydrogen-bond acceptors (Lipinski definition) is 1. The van der Waals surface area contributed by atoms with Crippen LogP contribution in [-0.4, -0.2) is 7.85 Å². The molecule has 0 aliphatic carbocycles. The van der Waals surface area contributed by atoms with E-state index in [0.717, 1.165) is 0 Å². The molecular weight excluding hydrogens is 307 g/mol. The first-order valence-electron chi connectivity index (χ1n) is 8.21. The zero-order valence-corrected chi connectivity index (χ0v) is 14.2. The summed E-state index contributed by atoms with van der Waals surface area (Å²) >= 11 is 1.90. The first-order chi connectivity index (χ1) is 11.8. The zero-order chi connectivity index (χ0) is 16.1. The molecule has 24 heavy (non-hydrogen) atoms. The highest BCUT2D eigenvalue weighted by Gasteiger charge is 2.10. The average molecular weight is 322 g/mol. The third-order valence-corrected chi connectivity index (χ3v) is 6.04. The Hall–Kier alpha value is -2.58. The number of rotatable bonds is 1. The summed E-state index contributed by atoms with van der Waals surface area (Å²) in [5.74, 6) is 0. The predicted octanol–water partition coefficient (Wildman–Crippen LogP) is 5.13. The van der Waals surface area contributed by atoms with Crippen molar-refractivity contribution in [2.24, 2.45) is 0 Å². The van der Waals surface area contributed by atoms with Crippen molar-refractivity contribution in [1.82, 2.24) is 0 Å². The fourth-order valence-electron chi connectivity index (χ4n) is 3.57. The lowest BCUT2D eigenvalue weighted by Crippen LogP contribution is -2.05. The lowest BCUT2D eigenvalue weighted by molar-refractivity contribution is 1.70. The van der Waals surface area contributed by atoms with Gasteiger partial charge in [0.15, 0.2) is 0 Å². The molecule has 1 aromatic heterocycles. The van der Waals surface area contributed by atoms with Gasteiger partial charge in [-0.25, -0.2) is 0 Å². The van der Waals surface area contributed by atoms with Crippen molar-refractivity contribution in [3.63, 3.8) is 0 Å². The van der Waals surface area contributed by atoms with E-state index < -0.39 is 0 Å². The molecule has 1 heterocycles. The van der Waals surface area contributed by atoms with Crippen LogP contribution in [0.1, 0.15) is 0 Å². The monoisotopic (exact) mass is 322 g/mol. The molecule has 4 aromatic carbocycles. The molecule has 2 heteroatoms. The fourth-order valence-corrected chi connectivity index (χ4v) is 4.79. The standard InChI is InChI=1S/C22H15BS/c23-20-8-4-3-6-16(20)15-10-12-21-19(13-15)18-11-9-14-5-1-2-7-17(14)22(18)24-21/h1-13H,23H2. The van der Waals surface area contributed by atoms with E-state index in [1.165, 1.54) is 47.5 Å². The van der Waals surface area contributed by atoms with E-state index in [4.69, 9.17) is 0 Å². The van der Waals surface area contributed by atoms with E-state index in [2.05, 4.69) is 86.7 Å². The number of hydrogen-bond donors (Lipinski definition) is 0. The first-order valence-corrected chi connectivity index (χ1v) is 9.03. The molecule has 0 bridgehead atoms. The summed E-state index contributed by atoms with van der Waals surface area (Å²) in [6.45, 7) is 0. The van der Waals surface area contributed by atoms with Crippen molar-refractivity contribution >= 4 is 55.6 Å². The second-order valence-electron chi connectivity index (χ2n) is 6.29. The van der Waals surface area contributed by atoms with Crippen LogP contribution in [0.15, 0.2) is 78.9 Å². The van der Waals surface area contributed by atoms with Gasteiger partial charge in [0.1, 0.15) is 7.85 Å². The maximum absolute atomic E-state index is 2.35. The normalized spacial score (nSPS) is 11.5. The van der Waals surface area contributed by atoms with Gasteiger partial charge < -0.3 is 0 Å². The molecule has 0 radical (unpaired) electrons.